The maximum atomic E-state index is 12.7. The van der Waals surface area contributed by atoms with Crippen molar-refractivity contribution in [2.75, 3.05) is 11.9 Å². The number of nitrogens with one attached hydrogen (secondary N) is 1. The van der Waals surface area contributed by atoms with Crippen LogP contribution in [0.2, 0.25) is 0 Å². The van der Waals surface area contributed by atoms with Gasteiger partial charge in [0, 0.05) is 28.4 Å². The first-order chi connectivity index (χ1) is 14.4. The number of hydrogen-bond acceptors (Lipinski definition) is 4. The number of nitriles is 1. The summed E-state index contributed by atoms with van der Waals surface area (Å²) in [6, 6.07) is 15.3. The molecule has 3 rings (SSSR count). The Kier molecular flexibility index (Phi) is 6.33. The second kappa shape index (κ2) is 9.10. The number of para-hydroxylation sites is 1. The van der Waals surface area contributed by atoms with E-state index in [0.29, 0.717) is 17.9 Å². The van der Waals surface area contributed by atoms with Gasteiger partial charge in [0.05, 0.1) is 6.61 Å². The summed E-state index contributed by atoms with van der Waals surface area (Å²) in [5, 5.41) is 13.3. The second-order valence-corrected chi connectivity index (χ2v) is 6.98. The van der Waals surface area contributed by atoms with Gasteiger partial charge >= 0.3 is 5.97 Å². The Hall–Kier alpha value is -3.85. The molecular formula is C24H23N3O3. The van der Waals surface area contributed by atoms with Gasteiger partial charge in [-0.3, -0.25) is 9.59 Å². The van der Waals surface area contributed by atoms with E-state index in [1.807, 2.05) is 62.4 Å². The van der Waals surface area contributed by atoms with Crippen LogP contribution in [0.3, 0.4) is 0 Å². The van der Waals surface area contributed by atoms with E-state index in [2.05, 4.69) is 5.32 Å². The molecule has 0 aliphatic carbocycles. The Bertz CT molecular complexity index is 1180. The molecule has 0 saturated heterocycles. The first kappa shape index (κ1) is 20.9. The van der Waals surface area contributed by atoms with Crippen molar-refractivity contribution in [1.82, 2.24) is 4.57 Å². The third-order valence-electron chi connectivity index (χ3n) is 4.73. The average molecular weight is 401 g/mol. The quantitative estimate of drug-likeness (QED) is 0.378. The minimum atomic E-state index is -0.478. The lowest BCUT2D eigenvalue weighted by atomic mass is 10.1. The first-order valence-electron chi connectivity index (χ1n) is 9.66. The predicted octanol–water partition coefficient (Wildman–Crippen LogP) is 4.37. The molecule has 1 amide bonds. The zero-order chi connectivity index (χ0) is 21.7. The van der Waals surface area contributed by atoms with Gasteiger partial charge in [0.2, 0.25) is 0 Å². The van der Waals surface area contributed by atoms with Crippen molar-refractivity contribution in [3.05, 3.63) is 70.9 Å². The summed E-state index contributed by atoms with van der Waals surface area (Å²) in [6.07, 6.45) is 3.30. The molecule has 1 N–H and O–H groups in total. The van der Waals surface area contributed by atoms with E-state index in [4.69, 9.17) is 4.74 Å². The highest BCUT2D eigenvalue weighted by molar-refractivity contribution is 6.11. The normalized spacial score (nSPS) is 11.2. The van der Waals surface area contributed by atoms with Crippen LogP contribution in [-0.2, 0) is 20.9 Å². The van der Waals surface area contributed by atoms with Crippen LogP contribution in [0, 0.1) is 25.2 Å². The van der Waals surface area contributed by atoms with Crippen LogP contribution >= 0.6 is 0 Å². The molecule has 152 valence electrons. The molecule has 0 radical (unpaired) electrons. The number of carbonyl (C=O) groups is 2. The minimum Gasteiger partial charge on any atom is -0.465 e. The Labute approximate surface area is 175 Å². The zero-order valence-electron chi connectivity index (χ0n) is 17.2. The lowest BCUT2D eigenvalue weighted by Crippen LogP contribution is -2.14. The fourth-order valence-corrected chi connectivity index (χ4v) is 3.23. The molecule has 0 aliphatic heterocycles. The van der Waals surface area contributed by atoms with E-state index in [1.165, 1.54) is 0 Å². The highest BCUT2D eigenvalue weighted by Crippen LogP contribution is 2.24. The zero-order valence-corrected chi connectivity index (χ0v) is 17.2. The van der Waals surface area contributed by atoms with E-state index in [-0.39, 0.29) is 18.1 Å². The number of nitrogens with zero attached hydrogens (tertiary/aromatic N) is 2. The molecule has 30 heavy (non-hydrogen) atoms. The molecule has 0 atom stereocenters. The van der Waals surface area contributed by atoms with Gasteiger partial charge in [-0.1, -0.05) is 30.3 Å². The van der Waals surface area contributed by atoms with E-state index in [0.717, 1.165) is 22.0 Å². The molecule has 0 saturated carbocycles. The molecule has 6 heteroatoms. The maximum absolute atomic E-state index is 12.7. The smallest absolute Gasteiger partial charge is 0.325 e. The summed E-state index contributed by atoms with van der Waals surface area (Å²) in [4.78, 5) is 24.7. The number of fused-ring (bicyclic) bond motifs is 1. The van der Waals surface area contributed by atoms with Gasteiger partial charge in [-0.15, -0.1) is 0 Å². The lowest BCUT2D eigenvalue weighted by Gasteiger charge is -2.08. The van der Waals surface area contributed by atoms with Gasteiger partial charge in [-0.05, 0) is 50.1 Å². The van der Waals surface area contributed by atoms with Crippen LogP contribution < -0.4 is 5.32 Å². The number of aromatic nitrogens is 1. The van der Waals surface area contributed by atoms with Crippen molar-refractivity contribution >= 4 is 34.5 Å². The number of hydrogen-bond donors (Lipinski definition) is 1. The summed E-state index contributed by atoms with van der Waals surface area (Å²) < 4.78 is 6.80. The number of aryl methyl sites for hydroxylation is 2. The Morgan fingerprint density at radius 2 is 1.97 bits per heavy atom. The van der Waals surface area contributed by atoms with E-state index < -0.39 is 5.91 Å². The van der Waals surface area contributed by atoms with Gasteiger partial charge in [-0.25, -0.2) is 0 Å². The SMILES string of the molecule is CCOC(=O)Cn1cc(C=C(C#N)C(=O)Nc2cc(C)ccc2C)c2ccccc21. The van der Waals surface area contributed by atoms with Crippen molar-refractivity contribution in [3.63, 3.8) is 0 Å². The van der Waals surface area contributed by atoms with Crippen LogP contribution in [0.5, 0.6) is 0 Å². The number of rotatable bonds is 6. The predicted molar refractivity (Wildman–Crippen MR) is 117 cm³/mol. The summed E-state index contributed by atoms with van der Waals surface area (Å²) in [6.45, 7) is 5.95. The molecule has 0 fully saturated rings. The van der Waals surface area contributed by atoms with E-state index >= 15 is 0 Å². The topological polar surface area (TPSA) is 84.1 Å². The van der Waals surface area contributed by atoms with Crippen molar-refractivity contribution in [1.29, 1.82) is 5.26 Å². The van der Waals surface area contributed by atoms with Gasteiger partial charge in [0.15, 0.2) is 0 Å². The molecule has 2 aromatic carbocycles. The lowest BCUT2D eigenvalue weighted by molar-refractivity contribution is -0.143. The highest BCUT2D eigenvalue weighted by atomic mass is 16.5. The first-order valence-corrected chi connectivity index (χ1v) is 9.66. The molecule has 0 bridgehead atoms. The number of carbonyl (C=O) groups excluding carboxylic acids is 2. The number of benzene rings is 2. The fraction of sp³-hybridized carbons (Fsp3) is 0.208. The van der Waals surface area contributed by atoms with Crippen molar-refractivity contribution in [2.45, 2.75) is 27.3 Å². The maximum Gasteiger partial charge on any atom is 0.325 e. The summed E-state index contributed by atoms with van der Waals surface area (Å²) in [5.41, 5.74) is 4.09. The van der Waals surface area contributed by atoms with Crippen LogP contribution in [0.4, 0.5) is 5.69 Å². The molecule has 0 unspecified atom stereocenters. The Balaban J connectivity index is 1.95. The molecular weight excluding hydrogens is 378 g/mol. The second-order valence-electron chi connectivity index (χ2n) is 6.98. The van der Waals surface area contributed by atoms with Crippen molar-refractivity contribution < 1.29 is 14.3 Å². The summed E-state index contributed by atoms with van der Waals surface area (Å²) >= 11 is 0. The summed E-state index contributed by atoms with van der Waals surface area (Å²) in [5.74, 6) is -0.824. The average Bonchev–Trinajstić information content (AvgIpc) is 3.06. The van der Waals surface area contributed by atoms with Gasteiger partial charge in [-0.2, -0.15) is 5.26 Å². The van der Waals surface area contributed by atoms with E-state index in [9.17, 15) is 14.9 Å². The van der Waals surface area contributed by atoms with E-state index in [1.54, 1.807) is 23.8 Å². The van der Waals surface area contributed by atoms with Gasteiger partial charge < -0.3 is 14.6 Å². The number of ether oxygens (including phenoxy) is 1. The molecule has 1 aromatic heterocycles. The fourth-order valence-electron chi connectivity index (χ4n) is 3.23. The standard InChI is InChI=1S/C24H23N3O3/c1-4-30-23(28)15-27-14-19(20-7-5-6-8-22(20)27)12-18(13-25)24(29)26-21-11-16(2)9-10-17(21)3/h5-12,14H,4,15H2,1-3H3,(H,26,29). The molecule has 6 nitrogen and oxygen atoms in total. The van der Waals surface area contributed by atoms with Crippen LogP contribution in [-0.4, -0.2) is 23.1 Å². The number of amides is 1. The van der Waals surface area contributed by atoms with Crippen LogP contribution in [0.15, 0.2) is 54.2 Å². The minimum absolute atomic E-state index is 0.0186. The Morgan fingerprint density at radius 1 is 1.20 bits per heavy atom. The van der Waals surface area contributed by atoms with Crippen molar-refractivity contribution in [3.8, 4) is 6.07 Å². The number of anilines is 1. The molecule has 0 spiro atoms. The third kappa shape index (κ3) is 4.58. The molecule has 0 aliphatic rings. The van der Waals surface area contributed by atoms with Crippen LogP contribution in [0.25, 0.3) is 17.0 Å². The van der Waals surface area contributed by atoms with Gasteiger partial charge in [0.25, 0.3) is 5.91 Å². The summed E-state index contributed by atoms with van der Waals surface area (Å²) in [7, 11) is 0. The monoisotopic (exact) mass is 401 g/mol. The highest BCUT2D eigenvalue weighted by Gasteiger charge is 2.15. The van der Waals surface area contributed by atoms with Crippen molar-refractivity contribution in [2.24, 2.45) is 0 Å². The third-order valence-corrected chi connectivity index (χ3v) is 4.73. The molecule has 1 heterocycles. The Morgan fingerprint density at radius 3 is 2.70 bits per heavy atom. The van der Waals surface area contributed by atoms with Crippen LogP contribution in [0.1, 0.15) is 23.6 Å². The molecule has 3 aromatic rings. The van der Waals surface area contributed by atoms with Gasteiger partial charge in [0.1, 0.15) is 18.2 Å². The largest absolute Gasteiger partial charge is 0.465 e. The number of esters is 1.